The Morgan fingerprint density at radius 3 is 0.886 bits per heavy atom. The summed E-state index contributed by atoms with van der Waals surface area (Å²) < 4.78 is 16.9. The lowest BCUT2D eigenvalue weighted by molar-refractivity contribution is -0.167. The van der Waals surface area contributed by atoms with Crippen molar-refractivity contribution >= 4 is 17.9 Å². The minimum absolute atomic E-state index is 0.0824. The van der Waals surface area contributed by atoms with E-state index in [9.17, 15) is 14.4 Å². The number of hydrogen-bond donors (Lipinski definition) is 0. The van der Waals surface area contributed by atoms with Crippen LogP contribution in [0, 0.1) is 0 Å². The average molecular weight is 980 g/mol. The zero-order valence-corrected chi connectivity index (χ0v) is 46.5. The van der Waals surface area contributed by atoms with Crippen LogP contribution in [0.3, 0.4) is 0 Å². The standard InChI is InChI=1S/C64H114O6/c1-4-7-10-13-16-19-22-25-28-30-32-34-36-39-42-45-48-51-54-57-63(66)69-60-61(59-68-62(65)56-53-50-47-44-41-38-35-27-24-21-18-15-12-9-6-3)70-64(67)58-55-52-49-46-43-40-37-33-31-29-26-23-20-17-14-11-8-5-2/h17,20-21,23-24,26,29,31,33,37,61H,4-16,18-19,22,25,27-28,30,32,34-36,38-60H2,1-3H3/b20-17-,24-21-,26-23-,31-29-,37-33-. The minimum Gasteiger partial charge on any atom is -0.462 e. The zero-order chi connectivity index (χ0) is 50.7. The first-order chi connectivity index (χ1) is 34.5. The third-order valence-electron chi connectivity index (χ3n) is 13.3. The zero-order valence-electron chi connectivity index (χ0n) is 46.5. The second-order valence-corrected chi connectivity index (χ2v) is 20.4. The van der Waals surface area contributed by atoms with Crippen LogP contribution in [0.1, 0.15) is 310 Å². The van der Waals surface area contributed by atoms with Crippen molar-refractivity contribution in [1.82, 2.24) is 0 Å². The van der Waals surface area contributed by atoms with Crippen LogP contribution < -0.4 is 0 Å². The maximum Gasteiger partial charge on any atom is 0.306 e. The molecule has 0 bridgehead atoms. The predicted molar refractivity (Wildman–Crippen MR) is 302 cm³/mol. The first kappa shape index (κ1) is 67.1. The van der Waals surface area contributed by atoms with E-state index in [1.807, 2.05) is 0 Å². The van der Waals surface area contributed by atoms with Crippen LogP contribution in [0.4, 0.5) is 0 Å². The lowest BCUT2D eigenvalue weighted by Gasteiger charge is -2.18. The smallest absolute Gasteiger partial charge is 0.306 e. The highest BCUT2D eigenvalue weighted by molar-refractivity contribution is 5.71. The van der Waals surface area contributed by atoms with E-state index in [1.54, 1.807) is 0 Å². The van der Waals surface area contributed by atoms with E-state index in [0.29, 0.717) is 19.3 Å². The molecule has 0 heterocycles. The van der Waals surface area contributed by atoms with Gasteiger partial charge in [-0.15, -0.1) is 0 Å². The van der Waals surface area contributed by atoms with Crippen LogP contribution in [-0.2, 0) is 28.6 Å². The highest BCUT2D eigenvalue weighted by Crippen LogP contribution is 2.17. The van der Waals surface area contributed by atoms with Crippen LogP contribution in [0.5, 0.6) is 0 Å². The van der Waals surface area contributed by atoms with Crippen molar-refractivity contribution in [3.8, 4) is 0 Å². The largest absolute Gasteiger partial charge is 0.462 e. The molecule has 0 radical (unpaired) electrons. The van der Waals surface area contributed by atoms with Crippen molar-refractivity contribution in [2.24, 2.45) is 0 Å². The molecule has 1 unspecified atom stereocenters. The molecule has 1 atom stereocenters. The maximum atomic E-state index is 12.9. The first-order valence-electron chi connectivity index (χ1n) is 30.3. The molecule has 0 saturated heterocycles. The fourth-order valence-corrected chi connectivity index (χ4v) is 8.75. The number of allylic oxidation sites excluding steroid dienone is 10. The van der Waals surface area contributed by atoms with Crippen molar-refractivity contribution in [3.05, 3.63) is 60.8 Å². The third-order valence-corrected chi connectivity index (χ3v) is 13.3. The Balaban J connectivity index is 4.39. The number of ether oxygens (including phenoxy) is 3. The summed E-state index contributed by atoms with van der Waals surface area (Å²) in [4.78, 5) is 38.2. The monoisotopic (exact) mass is 979 g/mol. The Hall–Kier alpha value is -2.89. The summed E-state index contributed by atoms with van der Waals surface area (Å²) in [5, 5.41) is 0. The normalized spacial score (nSPS) is 12.4. The van der Waals surface area contributed by atoms with E-state index in [4.69, 9.17) is 14.2 Å². The molecule has 0 aromatic rings. The summed E-state index contributed by atoms with van der Waals surface area (Å²) in [6.45, 7) is 6.61. The van der Waals surface area contributed by atoms with Crippen LogP contribution in [-0.4, -0.2) is 37.2 Å². The van der Waals surface area contributed by atoms with Crippen molar-refractivity contribution in [1.29, 1.82) is 0 Å². The minimum atomic E-state index is -0.787. The van der Waals surface area contributed by atoms with Gasteiger partial charge >= 0.3 is 17.9 Å². The average Bonchev–Trinajstić information content (AvgIpc) is 3.36. The Morgan fingerprint density at radius 1 is 0.286 bits per heavy atom. The van der Waals surface area contributed by atoms with E-state index in [-0.39, 0.29) is 31.1 Å². The number of hydrogen-bond acceptors (Lipinski definition) is 6. The molecule has 0 aliphatic carbocycles. The quantitative estimate of drug-likeness (QED) is 0.0199. The van der Waals surface area contributed by atoms with Gasteiger partial charge in [-0.1, -0.05) is 281 Å². The van der Waals surface area contributed by atoms with Gasteiger partial charge in [0.05, 0.1) is 0 Å². The van der Waals surface area contributed by atoms with E-state index >= 15 is 0 Å². The van der Waals surface area contributed by atoms with Gasteiger partial charge in [0.1, 0.15) is 13.2 Å². The predicted octanol–water partition coefficient (Wildman–Crippen LogP) is 20.4. The Bertz CT molecular complexity index is 1260. The number of unbranched alkanes of at least 4 members (excludes halogenated alkanes) is 37. The van der Waals surface area contributed by atoms with Gasteiger partial charge in [-0.05, 0) is 70.6 Å². The molecule has 6 nitrogen and oxygen atoms in total. The number of rotatable bonds is 55. The molecular formula is C64H114O6. The van der Waals surface area contributed by atoms with E-state index in [2.05, 4.69) is 81.5 Å². The van der Waals surface area contributed by atoms with Crippen molar-refractivity contribution < 1.29 is 28.6 Å². The fourth-order valence-electron chi connectivity index (χ4n) is 8.75. The number of carbonyl (C=O) groups is 3. The highest BCUT2D eigenvalue weighted by atomic mass is 16.6. The van der Waals surface area contributed by atoms with E-state index < -0.39 is 6.10 Å². The lowest BCUT2D eigenvalue weighted by atomic mass is 10.0. The molecule has 70 heavy (non-hydrogen) atoms. The van der Waals surface area contributed by atoms with E-state index in [0.717, 1.165) is 83.5 Å². The van der Waals surface area contributed by atoms with Crippen LogP contribution in [0.25, 0.3) is 0 Å². The van der Waals surface area contributed by atoms with Gasteiger partial charge in [0.25, 0.3) is 0 Å². The van der Waals surface area contributed by atoms with Gasteiger partial charge in [-0.3, -0.25) is 14.4 Å². The van der Waals surface area contributed by atoms with E-state index in [1.165, 1.54) is 186 Å². The molecule has 0 aromatic carbocycles. The van der Waals surface area contributed by atoms with Gasteiger partial charge in [0.2, 0.25) is 0 Å². The summed E-state index contributed by atoms with van der Waals surface area (Å²) in [5.74, 6) is -0.895. The summed E-state index contributed by atoms with van der Waals surface area (Å²) in [6.07, 6.45) is 73.5. The van der Waals surface area contributed by atoms with Crippen LogP contribution >= 0.6 is 0 Å². The highest BCUT2D eigenvalue weighted by Gasteiger charge is 2.19. The van der Waals surface area contributed by atoms with Crippen molar-refractivity contribution in [2.45, 2.75) is 316 Å². The summed E-state index contributed by atoms with van der Waals surface area (Å²) in [5.41, 5.74) is 0. The lowest BCUT2D eigenvalue weighted by Crippen LogP contribution is -2.30. The molecule has 0 saturated carbocycles. The van der Waals surface area contributed by atoms with Gasteiger partial charge in [-0.25, -0.2) is 0 Å². The summed E-state index contributed by atoms with van der Waals surface area (Å²) in [6, 6.07) is 0. The van der Waals surface area contributed by atoms with Gasteiger partial charge < -0.3 is 14.2 Å². The van der Waals surface area contributed by atoms with Gasteiger partial charge in [0, 0.05) is 19.3 Å². The van der Waals surface area contributed by atoms with Crippen LogP contribution in [0.15, 0.2) is 60.8 Å². The van der Waals surface area contributed by atoms with Gasteiger partial charge in [-0.2, -0.15) is 0 Å². The first-order valence-corrected chi connectivity index (χ1v) is 30.3. The fraction of sp³-hybridized carbons (Fsp3) is 0.797. The summed E-state index contributed by atoms with van der Waals surface area (Å²) in [7, 11) is 0. The number of carbonyl (C=O) groups excluding carboxylic acids is 3. The number of esters is 3. The molecule has 0 spiro atoms. The second-order valence-electron chi connectivity index (χ2n) is 20.4. The molecule has 0 aliphatic rings. The molecular weight excluding hydrogens is 865 g/mol. The van der Waals surface area contributed by atoms with Gasteiger partial charge in [0.15, 0.2) is 6.10 Å². The Kier molecular flexibility index (Phi) is 56.3. The second kappa shape index (κ2) is 58.7. The van der Waals surface area contributed by atoms with Crippen LogP contribution in [0.2, 0.25) is 0 Å². The SMILES string of the molecule is CCCCC\C=C/C=C\C=C/C=C\CCCCCCCC(=O)OC(COC(=O)CCCCCCCCC/C=C\CCCCCC)COC(=O)CCCCCCCCCCCCCCCCCCCCC. The molecule has 0 fully saturated rings. The molecule has 0 aromatic heterocycles. The molecule has 0 amide bonds. The summed E-state index contributed by atoms with van der Waals surface area (Å²) >= 11 is 0. The topological polar surface area (TPSA) is 78.9 Å². The Morgan fingerprint density at radius 2 is 0.529 bits per heavy atom. The molecule has 406 valence electrons. The third kappa shape index (κ3) is 56.0. The molecule has 6 heteroatoms. The molecule has 0 rings (SSSR count). The van der Waals surface area contributed by atoms with Crippen molar-refractivity contribution in [3.63, 3.8) is 0 Å². The Labute approximate surface area is 434 Å². The molecule has 0 aliphatic heterocycles. The molecule has 0 N–H and O–H groups in total. The maximum absolute atomic E-state index is 12.9. The van der Waals surface area contributed by atoms with Crippen molar-refractivity contribution in [2.75, 3.05) is 13.2 Å².